The van der Waals surface area contributed by atoms with Crippen molar-refractivity contribution in [2.75, 3.05) is 12.0 Å². The van der Waals surface area contributed by atoms with Gasteiger partial charge in [-0.25, -0.2) is 4.68 Å². The maximum absolute atomic E-state index is 11.5. The van der Waals surface area contributed by atoms with Crippen molar-refractivity contribution in [3.63, 3.8) is 0 Å². The summed E-state index contributed by atoms with van der Waals surface area (Å²) in [5.74, 6) is 0.877. The van der Waals surface area contributed by atoms with E-state index in [2.05, 4.69) is 29.5 Å². The lowest BCUT2D eigenvalue weighted by atomic mass is 10.0. The molecular formula is C13H16N4O2. The number of nitrogens with one attached hydrogen (secondary N) is 1. The minimum atomic E-state index is -0.271. The van der Waals surface area contributed by atoms with Gasteiger partial charge in [0.2, 0.25) is 0 Å². The van der Waals surface area contributed by atoms with Crippen LogP contribution in [-0.4, -0.2) is 27.4 Å². The fourth-order valence-corrected chi connectivity index (χ4v) is 1.53. The van der Waals surface area contributed by atoms with Gasteiger partial charge in [0.25, 0.3) is 5.91 Å². The Bertz CT molecular complexity index is 520. The molecule has 0 atom stereocenters. The zero-order chi connectivity index (χ0) is 13.7. The molecular weight excluding hydrogens is 244 g/mol. The summed E-state index contributed by atoms with van der Waals surface area (Å²) in [6.07, 6.45) is 2.80. The van der Waals surface area contributed by atoms with Crippen LogP contribution in [0.5, 0.6) is 5.75 Å². The highest BCUT2D eigenvalue weighted by Crippen LogP contribution is 2.18. The van der Waals surface area contributed by atoms with E-state index in [1.807, 2.05) is 24.3 Å². The lowest BCUT2D eigenvalue weighted by Gasteiger charge is -2.09. The van der Waals surface area contributed by atoms with Crippen LogP contribution in [0.1, 0.15) is 25.3 Å². The molecule has 0 aliphatic carbocycles. The second-order valence-corrected chi connectivity index (χ2v) is 4.42. The van der Waals surface area contributed by atoms with Crippen molar-refractivity contribution in [1.29, 1.82) is 0 Å². The predicted molar refractivity (Wildman–Crippen MR) is 70.4 cm³/mol. The van der Waals surface area contributed by atoms with Crippen molar-refractivity contribution >= 4 is 5.91 Å². The first-order valence-corrected chi connectivity index (χ1v) is 6.02. The lowest BCUT2D eigenvalue weighted by Crippen LogP contribution is -2.26. The monoisotopic (exact) mass is 260 g/mol. The van der Waals surface area contributed by atoms with Gasteiger partial charge in [-0.2, -0.15) is 0 Å². The predicted octanol–water partition coefficient (Wildman–Crippen LogP) is 1.55. The van der Waals surface area contributed by atoms with E-state index in [9.17, 15) is 4.79 Å². The molecule has 6 nitrogen and oxygen atoms in total. The van der Waals surface area contributed by atoms with Gasteiger partial charge in [-0.1, -0.05) is 26.0 Å². The standard InChI is InChI=1S/C13H16N4O2/c1-10(2)11-3-5-12(6-4-11)19-7-13(18)16-17-8-14-15-9-17/h3-6,8-10H,7H2,1-2H3,(H,16,18). The zero-order valence-electron chi connectivity index (χ0n) is 10.9. The quantitative estimate of drug-likeness (QED) is 0.885. The van der Waals surface area contributed by atoms with Gasteiger partial charge in [-0.15, -0.1) is 10.2 Å². The molecule has 2 aromatic rings. The number of benzene rings is 1. The van der Waals surface area contributed by atoms with E-state index in [1.54, 1.807) is 0 Å². The fraction of sp³-hybridized carbons (Fsp3) is 0.308. The summed E-state index contributed by atoms with van der Waals surface area (Å²) in [7, 11) is 0. The third kappa shape index (κ3) is 3.80. The third-order valence-electron chi connectivity index (χ3n) is 2.59. The molecule has 0 aliphatic rings. The van der Waals surface area contributed by atoms with Crippen LogP contribution in [0.2, 0.25) is 0 Å². The molecule has 6 heteroatoms. The Balaban J connectivity index is 1.83. The van der Waals surface area contributed by atoms with Gasteiger partial charge in [0, 0.05) is 0 Å². The number of rotatable bonds is 5. The SMILES string of the molecule is CC(C)c1ccc(OCC(=O)Nn2cnnc2)cc1. The topological polar surface area (TPSA) is 69.0 Å². The molecule has 0 fully saturated rings. The van der Waals surface area contributed by atoms with Crippen LogP contribution in [0.3, 0.4) is 0 Å². The molecule has 100 valence electrons. The molecule has 0 saturated heterocycles. The summed E-state index contributed by atoms with van der Waals surface area (Å²) < 4.78 is 6.75. The summed E-state index contributed by atoms with van der Waals surface area (Å²) >= 11 is 0. The van der Waals surface area contributed by atoms with Crippen LogP contribution in [0.4, 0.5) is 0 Å². The highest BCUT2D eigenvalue weighted by molar-refractivity contribution is 5.84. The molecule has 1 N–H and O–H groups in total. The Morgan fingerprint density at radius 2 is 1.89 bits per heavy atom. The molecule has 0 spiro atoms. The van der Waals surface area contributed by atoms with E-state index in [4.69, 9.17) is 4.74 Å². The largest absolute Gasteiger partial charge is 0.484 e. The number of amides is 1. The second-order valence-electron chi connectivity index (χ2n) is 4.42. The minimum Gasteiger partial charge on any atom is -0.484 e. The molecule has 19 heavy (non-hydrogen) atoms. The van der Waals surface area contributed by atoms with Crippen LogP contribution in [-0.2, 0) is 4.79 Å². The number of nitrogens with zero attached hydrogens (tertiary/aromatic N) is 3. The van der Waals surface area contributed by atoms with Crippen molar-refractivity contribution in [2.45, 2.75) is 19.8 Å². The molecule has 0 bridgehead atoms. The number of ether oxygens (including phenoxy) is 1. The van der Waals surface area contributed by atoms with E-state index < -0.39 is 0 Å². The summed E-state index contributed by atoms with van der Waals surface area (Å²) in [4.78, 5) is 11.5. The van der Waals surface area contributed by atoms with E-state index in [0.29, 0.717) is 11.7 Å². The van der Waals surface area contributed by atoms with Crippen molar-refractivity contribution in [2.24, 2.45) is 0 Å². The van der Waals surface area contributed by atoms with Gasteiger partial charge in [0.1, 0.15) is 18.4 Å². The Morgan fingerprint density at radius 3 is 2.47 bits per heavy atom. The molecule has 0 saturated carbocycles. The van der Waals surface area contributed by atoms with E-state index in [-0.39, 0.29) is 12.5 Å². The number of hydrogen-bond donors (Lipinski definition) is 1. The van der Waals surface area contributed by atoms with Gasteiger partial charge in [0.05, 0.1) is 0 Å². The normalized spacial score (nSPS) is 10.5. The van der Waals surface area contributed by atoms with Gasteiger partial charge < -0.3 is 4.74 Å². The highest BCUT2D eigenvalue weighted by atomic mass is 16.5. The first-order valence-electron chi connectivity index (χ1n) is 6.02. The van der Waals surface area contributed by atoms with Crippen LogP contribution in [0, 0.1) is 0 Å². The van der Waals surface area contributed by atoms with Crippen molar-refractivity contribution in [1.82, 2.24) is 14.9 Å². The molecule has 1 aromatic carbocycles. The van der Waals surface area contributed by atoms with Gasteiger partial charge in [-0.3, -0.25) is 10.2 Å². The third-order valence-corrected chi connectivity index (χ3v) is 2.59. The van der Waals surface area contributed by atoms with Gasteiger partial charge in [-0.05, 0) is 23.6 Å². The first-order chi connectivity index (χ1) is 9.15. The number of hydrogen-bond acceptors (Lipinski definition) is 4. The average Bonchev–Trinajstić information content (AvgIpc) is 2.89. The Kier molecular flexibility index (Phi) is 4.12. The first kappa shape index (κ1) is 13.1. The molecule has 1 amide bonds. The smallest absolute Gasteiger partial charge is 0.276 e. The number of aromatic nitrogens is 3. The van der Waals surface area contributed by atoms with Crippen LogP contribution in [0.15, 0.2) is 36.9 Å². The molecule has 1 heterocycles. The van der Waals surface area contributed by atoms with E-state index in [0.717, 1.165) is 0 Å². The summed E-state index contributed by atoms with van der Waals surface area (Å²) in [5, 5.41) is 7.15. The Morgan fingerprint density at radius 1 is 1.26 bits per heavy atom. The fourth-order valence-electron chi connectivity index (χ4n) is 1.53. The van der Waals surface area contributed by atoms with Crippen molar-refractivity contribution in [3.05, 3.63) is 42.5 Å². The lowest BCUT2D eigenvalue weighted by molar-refractivity contribution is -0.119. The minimum absolute atomic E-state index is 0.0563. The second kappa shape index (κ2) is 5.99. The zero-order valence-corrected chi connectivity index (χ0v) is 10.9. The highest BCUT2D eigenvalue weighted by Gasteiger charge is 2.04. The summed E-state index contributed by atoms with van der Waals surface area (Å²) in [5.41, 5.74) is 3.79. The molecule has 0 unspecified atom stereocenters. The molecule has 1 aromatic heterocycles. The van der Waals surface area contributed by atoms with Crippen molar-refractivity contribution in [3.8, 4) is 5.75 Å². The van der Waals surface area contributed by atoms with Crippen LogP contribution in [0.25, 0.3) is 0 Å². The van der Waals surface area contributed by atoms with Gasteiger partial charge in [0.15, 0.2) is 6.61 Å². The van der Waals surface area contributed by atoms with Crippen LogP contribution < -0.4 is 10.2 Å². The molecule has 2 rings (SSSR count). The Labute approximate surface area is 111 Å². The van der Waals surface area contributed by atoms with Crippen molar-refractivity contribution < 1.29 is 9.53 Å². The van der Waals surface area contributed by atoms with Gasteiger partial charge >= 0.3 is 0 Å². The maximum Gasteiger partial charge on any atom is 0.276 e. The summed E-state index contributed by atoms with van der Waals surface area (Å²) in [6, 6.07) is 7.72. The molecule has 0 aliphatic heterocycles. The number of carbonyl (C=O) groups is 1. The maximum atomic E-state index is 11.5. The Hall–Kier alpha value is -2.37. The van der Waals surface area contributed by atoms with Crippen LogP contribution >= 0.6 is 0 Å². The van der Waals surface area contributed by atoms with E-state index in [1.165, 1.54) is 22.9 Å². The molecule has 0 radical (unpaired) electrons. The van der Waals surface area contributed by atoms with E-state index >= 15 is 0 Å². The average molecular weight is 260 g/mol. The number of carbonyl (C=O) groups excluding carboxylic acids is 1. The summed E-state index contributed by atoms with van der Waals surface area (Å²) in [6.45, 7) is 4.20.